The smallest absolute Gasteiger partial charge is 0.329 e. The van der Waals surface area contributed by atoms with Gasteiger partial charge in [0.2, 0.25) is 11.8 Å². The van der Waals surface area contributed by atoms with Crippen molar-refractivity contribution in [1.29, 1.82) is 0 Å². The van der Waals surface area contributed by atoms with Crippen molar-refractivity contribution in [2.75, 3.05) is 50.4 Å². The number of nitro groups is 1. The van der Waals surface area contributed by atoms with Crippen LogP contribution in [0.15, 0.2) is 48.7 Å². The summed E-state index contributed by atoms with van der Waals surface area (Å²) in [7, 11) is 2.19. The first-order valence-electron chi connectivity index (χ1n) is 14.7. The second-order valence-electron chi connectivity index (χ2n) is 11.4. The molecule has 0 radical (unpaired) electrons. The molecule has 10 heteroatoms. The Balaban J connectivity index is 1.20. The summed E-state index contributed by atoms with van der Waals surface area (Å²) in [6.45, 7) is 8.37. The van der Waals surface area contributed by atoms with E-state index in [1.807, 2.05) is 18.2 Å². The minimum Gasteiger partial charge on any atom is -0.364 e. The molecule has 1 aliphatic heterocycles. The van der Waals surface area contributed by atoms with Gasteiger partial charge in [0, 0.05) is 51.9 Å². The van der Waals surface area contributed by atoms with Crippen molar-refractivity contribution in [3.8, 4) is 11.1 Å². The number of likely N-dealkylation sites (N-methyl/N-ethyl adjacent to an activating group) is 1. The molecule has 0 bridgehead atoms. The van der Waals surface area contributed by atoms with Gasteiger partial charge in [-0.05, 0) is 79.5 Å². The zero-order valence-corrected chi connectivity index (χ0v) is 24.2. The Labute approximate surface area is 242 Å². The van der Waals surface area contributed by atoms with Gasteiger partial charge in [-0.25, -0.2) is 4.98 Å². The van der Waals surface area contributed by atoms with E-state index in [0.717, 1.165) is 66.8 Å². The maximum Gasteiger partial charge on any atom is 0.329 e. The van der Waals surface area contributed by atoms with Crippen LogP contribution >= 0.6 is 0 Å². The number of rotatable bonds is 10. The molecule has 0 amide bonds. The molecular weight excluding hydrogens is 516 g/mol. The number of nitrogens with two attached hydrogens (primary N) is 1. The topological polar surface area (TPSA) is 125 Å². The van der Waals surface area contributed by atoms with Gasteiger partial charge in [-0.2, -0.15) is 4.98 Å². The van der Waals surface area contributed by atoms with Crippen LogP contribution in [0.5, 0.6) is 0 Å². The lowest BCUT2D eigenvalue weighted by Crippen LogP contribution is -2.50. The summed E-state index contributed by atoms with van der Waals surface area (Å²) >= 11 is 0. The minimum atomic E-state index is -0.417. The summed E-state index contributed by atoms with van der Waals surface area (Å²) in [6, 6.07) is 15.2. The Bertz CT molecular complexity index is 1330. The molecule has 0 unspecified atom stereocenters. The van der Waals surface area contributed by atoms with Crippen molar-refractivity contribution in [2.45, 2.75) is 51.7 Å². The first kappa shape index (κ1) is 28.9. The average molecular weight is 559 g/mol. The Hall–Kier alpha value is -3.60. The Morgan fingerprint density at radius 3 is 2.54 bits per heavy atom. The molecule has 41 heavy (non-hydrogen) atoms. The van der Waals surface area contributed by atoms with Crippen LogP contribution in [0.4, 0.5) is 17.5 Å². The molecule has 3 aromatic rings. The molecule has 1 aliphatic carbocycles. The maximum absolute atomic E-state index is 11.7. The van der Waals surface area contributed by atoms with Crippen LogP contribution in [-0.2, 0) is 13.1 Å². The van der Waals surface area contributed by atoms with Crippen molar-refractivity contribution in [1.82, 2.24) is 19.8 Å². The van der Waals surface area contributed by atoms with E-state index in [-0.39, 0.29) is 11.5 Å². The summed E-state index contributed by atoms with van der Waals surface area (Å²) in [4.78, 5) is 25.1. The van der Waals surface area contributed by atoms with E-state index in [4.69, 9.17) is 5.73 Å². The van der Waals surface area contributed by atoms with Crippen molar-refractivity contribution >= 4 is 17.5 Å². The predicted molar refractivity (Wildman–Crippen MR) is 164 cm³/mol. The molecule has 1 saturated heterocycles. The third-order valence-corrected chi connectivity index (χ3v) is 8.75. The van der Waals surface area contributed by atoms with E-state index < -0.39 is 4.92 Å². The van der Waals surface area contributed by atoms with Gasteiger partial charge in [0.05, 0.1) is 4.92 Å². The number of nitrogens with zero attached hydrogens (tertiary/aromatic N) is 5. The van der Waals surface area contributed by atoms with Gasteiger partial charge >= 0.3 is 5.69 Å². The molecule has 10 nitrogen and oxygen atoms in total. The van der Waals surface area contributed by atoms with Gasteiger partial charge in [-0.1, -0.05) is 36.4 Å². The fourth-order valence-electron chi connectivity index (χ4n) is 6.09. The Morgan fingerprint density at radius 2 is 1.80 bits per heavy atom. The first-order valence-corrected chi connectivity index (χ1v) is 14.7. The molecule has 2 fully saturated rings. The SMILES string of the molecule is Cc1c(CNc2ncc([N+](=O)[O-])c(NCC3CCC(N4CCN(C)CC4)CC3)n2)cccc1-c1cccc(CN)c1. The maximum atomic E-state index is 11.7. The Morgan fingerprint density at radius 1 is 1.05 bits per heavy atom. The zero-order chi connectivity index (χ0) is 28.8. The highest BCUT2D eigenvalue weighted by molar-refractivity contribution is 5.69. The Kier molecular flexibility index (Phi) is 9.43. The van der Waals surface area contributed by atoms with Crippen molar-refractivity contribution in [3.05, 3.63) is 75.5 Å². The van der Waals surface area contributed by atoms with Crippen molar-refractivity contribution < 1.29 is 4.92 Å². The lowest BCUT2D eigenvalue weighted by molar-refractivity contribution is -0.384. The molecule has 2 heterocycles. The largest absolute Gasteiger partial charge is 0.364 e. The lowest BCUT2D eigenvalue weighted by Gasteiger charge is -2.41. The highest BCUT2D eigenvalue weighted by Gasteiger charge is 2.28. The molecular formula is C31H42N8O2. The monoisotopic (exact) mass is 558 g/mol. The van der Waals surface area contributed by atoms with Gasteiger partial charge in [-0.3, -0.25) is 15.0 Å². The number of hydrogen-bond acceptors (Lipinski definition) is 9. The molecule has 0 atom stereocenters. The summed E-state index contributed by atoms with van der Waals surface area (Å²) < 4.78 is 0. The van der Waals surface area contributed by atoms with E-state index in [0.29, 0.717) is 37.5 Å². The number of piperazine rings is 1. The summed E-state index contributed by atoms with van der Waals surface area (Å²) in [5, 5.41) is 18.3. The van der Waals surface area contributed by atoms with Crippen LogP contribution in [0.2, 0.25) is 0 Å². The second kappa shape index (κ2) is 13.4. The second-order valence-corrected chi connectivity index (χ2v) is 11.4. The van der Waals surface area contributed by atoms with E-state index in [9.17, 15) is 10.1 Å². The quantitative estimate of drug-likeness (QED) is 0.241. The fourth-order valence-corrected chi connectivity index (χ4v) is 6.09. The van der Waals surface area contributed by atoms with E-state index in [1.165, 1.54) is 19.0 Å². The highest BCUT2D eigenvalue weighted by atomic mass is 16.6. The van der Waals surface area contributed by atoms with Crippen LogP contribution in [-0.4, -0.2) is 70.5 Å². The molecule has 218 valence electrons. The average Bonchev–Trinajstić information content (AvgIpc) is 3.00. The highest BCUT2D eigenvalue weighted by Crippen LogP contribution is 2.30. The van der Waals surface area contributed by atoms with Gasteiger partial charge < -0.3 is 21.3 Å². The predicted octanol–water partition coefficient (Wildman–Crippen LogP) is 4.65. The van der Waals surface area contributed by atoms with Crippen LogP contribution in [0, 0.1) is 23.0 Å². The zero-order valence-electron chi connectivity index (χ0n) is 24.2. The molecule has 2 aliphatic rings. The normalized spacial score (nSPS) is 20.1. The number of hydrogen-bond donors (Lipinski definition) is 3. The molecule has 0 spiro atoms. The van der Waals surface area contributed by atoms with Crippen LogP contribution in [0.3, 0.4) is 0 Å². The van der Waals surface area contributed by atoms with Gasteiger partial charge in [0.15, 0.2) is 0 Å². The van der Waals surface area contributed by atoms with E-state index in [1.54, 1.807) is 0 Å². The standard InChI is InChI=1S/C31H42N8O2/c1-22-26(7-4-8-28(22)25-6-3-5-24(17-25)18-32)20-34-31-35-21-29(39(40)41)30(36-31)33-19-23-9-11-27(12-10-23)38-15-13-37(2)14-16-38/h3-8,17,21,23,27H,9-16,18-20,32H2,1-2H3,(H2,33,34,35,36). The summed E-state index contributed by atoms with van der Waals surface area (Å²) in [5.74, 6) is 1.12. The van der Waals surface area contributed by atoms with Crippen LogP contribution in [0.25, 0.3) is 11.1 Å². The molecule has 2 aromatic carbocycles. The number of nitrogens with one attached hydrogen (secondary N) is 2. The van der Waals surface area contributed by atoms with Gasteiger partial charge in [0.1, 0.15) is 6.20 Å². The van der Waals surface area contributed by atoms with Crippen molar-refractivity contribution in [2.24, 2.45) is 11.7 Å². The number of anilines is 2. The van der Waals surface area contributed by atoms with E-state index >= 15 is 0 Å². The van der Waals surface area contributed by atoms with Crippen molar-refractivity contribution in [3.63, 3.8) is 0 Å². The third-order valence-electron chi connectivity index (χ3n) is 8.75. The molecule has 1 saturated carbocycles. The third kappa shape index (κ3) is 7.19. The van der Waals surface area contributed by atoms with E-state index in [2.05, 4.69) is 68.6 Å². The summed E-state index contributed by atoms with van der Waals surface area (Å²) in [6.07, 6.45) is 5.91. The van der Waals surface area contributed by atoms with Gasteiger partial charge in [-0.15, -0.1) is 0 Å². The number of benzene rings is 2. The van der Waals surface area contributed by atoms with Gasteiger partial charge in [0.25, 0.3) is 0 Å². The molecule has 5 rings (SSSR count). The fraction of sp³-hybridized carbons (Fsp3) is 0.484. The van der Waals surface area contributed by atoms with Crippen LogP contribution < -0.4 is 16.4 Å². The first-order chi connectivity index (χ1) is 19.9. The molecule has 4 N–H and O–H groups in total. The molecule has 1 aromatic heterocycles. The van der Waals surface area contributed by atoms with Crippen LogP contribution in [0.1, 0.15) is 42.4 Å². The lowest BCUT2D eigenvalue weighted by atomic mass is 9.85. The summed E-state index contributed by atoms with van der Waals surface area (Å²) in [5.41, 5.74) is 11.4. The number of aromatic nitrogens is 2. The minimum absolute atomic E-state index is 0.0976.